The van der Waals surface area contributed by atoms with E-state index in [4.69, 9.17) is 5.11 Å². The fourth-order valence-electron chi connectivity index (χ4n) is 1.98. The number of likely N-dealkylation sites (tertiary alicyclic amines) is 1. The van der Waals surface area contributed by atoms with E-state index < -0.39 is 0 Å². The summed E-state index contributed by atoms with van der Waals surface area (Å²) >= 11 is 0. The molecule has 1 saturated heterocycles. The average Bonchev–Trinajstić information content (AvgIpc) is 2.17. The van der Waals surface area contributed by atoms with Crippen LogP contribution in [0, 0.1) is 0 Å². The Morgan fingerprint density at radius 1 is 1.57 bits per heavy atom. The fraction of sp³-hybridized carbons (Fsp3) is 0.900. The van der Waals surface area contributed by atoms with Gasteiger partial charge in [0.15, 0.2) is 0 Å². The molecule has 0 bridgehead atoms. The second kappa shape index (κ2) is 5.98. The molecule has 0 radical (unpaired) electrons. The minimum atomic E-state index is 0.0273. The molecule has 1 amide bonds. The highest BCUT2D eigenvalue weighted by Crippen LogP contribution is 2.15. The smallest absolute Gasteiger partial charge is 0.216 e. The molecule has 1 atom stereocenters. The molecule has 1 aliphatic heterocycles. The van der Waals surface area contributed by atoms with Crippen molar-refractivity contribution in [2.45, 2.75) is 32.2 Å². The van der Waals surface area contributed by atoms with Gasteiger partial charge in [-0.2, -0.15) is 0 Å². The van der Waals surface area contributed by atoms with E-state index >= 15 is 0 Å². The number of amides is 1. The molecule has 1 heterocycles. The van der Waals surface area contributed by atoms with Gasteiger partial charge in [-0.05, 0) is 19.4 Å². The highest BCUT2D eigenvalue weighted by molar-refractivity contribution is 5.72. The Balaban J connectivity index is 2.33. The number of nitrogens with zero attached hydrogens (tertiary/aromatic N) is 1. The highest BCUT2D eigenvalue weighted by Gasteiger charge is 2.21. The van der Waals surface area contributed by atoms with Gasteiger partial charge < -0.3 is 10.4 Å². The molecule has 0 aromatic heterocycles. The van der Waals surface area contributed by atoms with Gasteiger partial charge in [0.2, 0.25) is 5.91 Å². The van der Waals surface area contributed by atoms with E-state index in [1.807, 2.05) is 0 Å². The normalized spacial score (nSPS) is 23.4. The number of hydrogen-bond donors (Lipinski definition) is 2. The number of piperidine rings is 1. The number of aliphatic hydroxyl groups is 1. The van der Waals surface area contributed by atoms with Gasteiger partial charge in [0.25, 0.3) is 0 Å². The summed E-state index contributed by atoms with van der Waals surface area (Å²) in [5.41, 5.74) is 0. The van der Waals surface area contributed by atoms with E-state index in [0.29, 0.717) is 6.04 Å². The molecule has 1 aliphatic rings. The van der Waals surface area contributed by atoms with Crippen molar-refractivity contribution in [2.24, 2.45) is 0 Å². The first-order valence-corrected chi connectivity index (χ1v) is 5.33. The number of rotatable bonds is 4. The average molecular weight is 200 g/mol. The zero-order valence-corrected chi connectivity index (χ0v) is 8.83. The van der Waals surface area contributed by atoms with E-state index in [1.165, 1.54) is 12.8 Å². The van der Waals surface area contributed by atoms with Crippen LogP contribution in [0.1, 0.15) is 26.2 Å². The van der Waals surface area contributed by atoms with Crippen molar-refractivity contribution in [3.8, 4) is 0 Å². The van der Waals surface area contributed by atoms with Crippen molar-refractivity contribution < 1.29 is 9.90 Å². The van der Waals surface area contributed by atoms with Gasteiger partial charge >= 0.3 is 0 Å². The van der Waals surface area contributed by atoms with Gasteiger partial charge in [-0.15, -0.1) is 0 Å². The van der Waals surface area contributed by atoms with Crippen LogP contribution in [0.2, 0.25) is 0 Å². The van der Waals surface area contributed by atoms with Crippen molar-refractivity contribution in [1.29, 1.82) is 0 Å². The maximum atomic E-state index is 10.8. The summed E-state index contributed by atoms with van der Waals surface area (Å²) in [4.78, 5) is 13.0. The van der Waals surface area contributed by atoms with Gasteiger partial charge in [-0.3, -0.25) is 9.69 Å². The molecule has 1 fully saturated rings. The summed E-state index contributed by atoms with van der Waals surface area (Å²) in [6, 6.07) is 0.416. The molecule has 0 unspecified atom stereocenters. The van der Waals surface area contributed by atoms with E-state index in [0.717, 1.165) is 26.1 Å². The summed E-state index contributed by atoms with van der Waals surface area (Å²) in [6.45, 7) is 4.24. The Labute approximate surface area is 85.3 Å². The Morgan fingerprint density at radius 2 is 2.36 bits per heavy atom. The largest absolute Gasteiger partial charge is 0.395 e. The summed E-state index contributed by atoms with van der Waals surface area (Å²) in [7, 11) is 0. The maximum absolute atomic E-state index is 10.8. The Morgan fingerprint density at radius 3 is 3.00 bits per heavy atom. The fourth-order valence-corrected chi connectivity index (χ4v) is 1.98. The summed E-state index contributed by atoms with van der Waals surface area (Å²) in [5.74, 6) is 0.0273. The lowest BCUT2D eigenvalue weighted by molar-refractivity contribution is -0.119. The zero-order valence-electron chi connectivity index (χ0n) is 8.83. The van der Waals surface area contributed by atoms with Crippen LogP contribution in [0.4, 0.5) is 0 Å². The van der Waals surface area contributed by atoms with E-state index in [1.54, 1.807) is 6.92 Å². The van der Waals surface area contributed by atoms with Crippen molar-refractivity contribution in [3.05, 3.63) is 0 Å². The number of aliphatic hydroxyl groups excluding tert-OH is 1. The molecular weight excluding hydrogens is 180 g/mol. The third kappa shape index (κ3) is 3.64. The Kier molecular flexibility index (Phi) is 4.90. The minimum Gasteiger partial charge on any atom is -0.395 e. The first-order chi connectivity index (χ1) is 6.74. The molecule has 0 spiro atoms. The van der Waals surface area contributed by atoms with Crippen LogP contribution in [0.15, 0.2) is 0 Å². The predicted octanol–water partition coefficient (Wildman–Crippen LogP) is -0.0307. The number of nitrogens with one attached hydrogen (secondary N) is 1. The van der Waals surface area contributed by atoms with Gasteiger partial charge in [0.1, 0.15) is 0 Å². The van der Waals surface area contributed by atoms with E-state index in [-0.39, 0.29) is 12.5 Å². The topological polar surface area (TPSA) is 52.6 Å². The maximum Gasteiger partial charge on any atom is 0.216 e. The molecule has 1 rings (SSSR count). The Bertz CT molecular complexity index is 183. The molecule has 0 aromatic rings. The third-order valence-corrected chi connectivity index (χ3v) is 2.72. The second-order valence-corrected chi connectivity index (χ2v) is 3.85. The quantitative estimate of drug-likeness (QED) is 0.670. The zero-order chi connectivity index (χ0) is 10.4. The summed E-state index contributed by atoms with van der Waals surface area (Å²) in [5, 5.41) is 11.7. The van der Waals surface area contributed by atoms with Gasteiger partial charge in [-0.1, -0.05) is 6.42 Å². The van der Waals surface area contributed by atoms with Crippen LogP contribution in [0.3, 0.4) is 0 Å². The second-order valence-electron chi connectivity index (χ2n) is 3.85. The third-order valence-electron chi connectivity index (χ3n) is 2.72. The number of carbonyl (C=O) groups is 1. The molecule has 0 saturated carbocycles. The summed E-state index contributed by atoms with van der Waals surface area (Å²) < 4.78 is 0. The molecule has 4 heteroatoms. The van der Waals surface area contributed by atoms with Crippen LogP contribution in [-0.4, -0.2) is 48.2 Å². The first kappa shape index (κ1) is 11.5. The van der Waals surface area contributed by atoms with Gasteiger partial charge in [0, 0.05) is 26.1 Å². The van der Waals surface area contributed by atoms with Crippen LogP contribution in [-0.2, 0) is 4.79 Å². The SMILES string of the molecule is CC(=O)NC[C@H]1CCCCN1CCO. The lowest BCUT2D eigenvalue weighted by atomic mass is 10.0. The first-order valence-electron chi connectivity index (χ1n) is 5.33. The van der Waals surface area contributed by atoms with E-state index in [2.05, 4.69) is 10.2 Å². The lowest BCUT2D eigenvalue weighted by Gasteiger charge is -2.35. The molecule has 14 heavy (non-hydrogen) atoms. The molecule has 0 aromatic carbocycles. The predicted molar refractivity (Wildman–Crippen MR) is 55.0 cm³/mol. The van der Waals surface area contributed by atoms with Gasteiger partial charge in [0.05, 0.1) is 6.61 Å². The minimum absolute atomic E-state index is 0.0273. The van der Waals surface area contributed by atoms with Crippen LogP contribution in [0.5, 0.6) is 0 Å². The Hall–Kier alpha value is -0.610. The standard InChI is InChI=1S/C10H20N2O2/c1-9(14)11-8-10-4-2-3-5-12(10)6-7-13/h10,13H,2-8H2,1H3,(H,11,14)/t10-/m1/s1. The van der Waals surface area contributed by atoms with Crippen LogP contribution < -0.4 is 5.32 Å². The van der Waals surface area contributed by atoms with Crippen molar-refractivity contribution in [1.82, 2.24) is 10.2 Å². The summed E-state index contributed by atoms with van der Waals surface area (Å²) in [6.07, 6.45) is 3.56. The van der Waals surface area contributed by atoms with Crippen LogP contribution >= 0.6 is 0 Å². The lowest BCUT2D eigenvalue weighted by Crippen LogP contribution is -2.47. The molecular formula is C10H20N2O2. The number of carbonyl (C=O) groups excluding carboxylic acids is 1. The van der Waals surface area contributed by atoms with Crippen molar-refractivity contribution in [2.75, 3.05) is 26.2 Å². The molecule has 2 N–H and O–H groups in total. The monoisotopic (exact) mass is 200 g/mol. The number of hydrogen-bond acceptors (Lipinski definition) is 3. The highest BCUT2D eigenvalue weighted by atomic mass is 16.3. The van der Waals surface area contributed by atoms with Gasteiger partial charge in [-0.25, -0.2) is 0 Å². The van der Waals surface area contributed by atoms with Crippen LogP contribution in [0.25, 0.3) is 0 Å². The van der Waals surface area contributed by atoms with Crippen molar-refractivity contribution >= 4 is 5.91 Å². The molecule has 82 valence electrons. The van der Waals surface area contributed by atoms with E-state index in [9.17, 15) is 4.79 Å². The molecule has 4 nitrogen and oxygen atoms in total. The molecule has 0 aliphatic carbocycles. The van der Waals surface area contributed by atoms with Crippen molar-refractivity contribution in [3.63, 3.8) is 0 Å². The number of β-amino-alcohol motifs (C(OH)–C–C–N with tert-alkyl or cyclic N) is 1.